The molecular formula is C25H21N5O4. The smallest absolute Gasteiger partial charge is 0.260 e. The highest BCUT2D eigenvalue weighted by atomic mass is 16.5. The Balaban J connectivity index is 1.57. The molecule has 170 valence electrons. The zero-order chi connectivity index (χ0) is 23.7. The summed E-state index contributed by atoms with van der Waals surface area (Å²) in [6.07, 6.45) is 3.29. The number of rotatable bonds is 6. The molecule has 0 saturated carbocycles. The molecule has 34 heavy (non-hydrogen) atoms. The molecule has 1 amide bonds. The van der Waals surface area contributed by atoms with E-state index in [0.29, 0.717) is 34.2 Å². The van der Waals surface area contributed by atoms with Gasteiger partial charge in [0.2, 0.25) is 11.7 Å². The van der Waals surface area contributed by atoms with Crippen molar-refractivity contribution in [2.24, 2.45) is 0 Å². The molecule has 0 aliphatic carbocycles. The first-order valence-electron chi connectivity index (χ1n) is 10.5. The number of para-hydroxylation sites is 2. The topological polar surface area (TPSA) is 99.8 Å². The number of carbonyl (C=O) groups is 1. The van der Waals surface area contributed by atoms with Crippen LogP contribution in [0.3, 0.4) is 0 Å². The Labute approximate surface area is 194 Å². The summed E-state index contributed by atoms with van der Waals surface area (Å²) < 4.78 is 13.8. The monoisotopic (exact) mass is 455 g/mol. The summed E-state index contributed by atoms with van der Waals surface area (Å²) in [5, 5.41) is 2.88. The Morgan fingerprint density at radius 2 is 1.68 bits per heavy atom. The van der Waals surface area contributed by atoms with Gasteiger partial charge >= 0.3 is 0 Å². The van der Waals surface area contributed by atoms with Gasteiger partial charge in [-0.2, -0.15) is 0 Å². The number of hydrogen-bond acceptors (Lipinski definition) is 6. The minimum absolute atomic E-state index is 0.0441. The van der Waals surface area contributed by atoms with Crippen LogP contribution in [-0.2, 0) is 11.3 Å². The van der Waals surface area contributed by atoms with Crippen molar-refractivity contribution in [2.75, 3.05) is 19.5 Å². The van der Waals surface area contributed by atoms with Gasteiger partial charge in [0.1, 0.15) is 6.54 Å². The van der Waals surface area contributed by atoms with Crippen LogP contribution in [0.15, 0.2) is 77.9 Å². The molecule has 0 spiro atoms. The van der Waals surface area contributed by atoms with Crippen molar-refractivity contribution in [3.05, 3.63) is 83.4 Å². The van der Waals surface area contributed by atoms with Gasteiger partial charge in [0.15, 0.2) is 11.5 Å². The number of amides is 1. The fraction of sp³-hybridized carbons (Fsp3) is 0.120. The van der Waals surface area contributed by atoms with E-state index in [0.717, 1.165) is 11.1 Å². The largest absolute Gasteiger partial charge is 0.493 e. The van der Waals surface area contributed by atoms with Crippen LogP contribution >= 0.6 is 0 Å². The molecule has 0 saturated heterocycles. The van der Waals surface area contributed by atoms with Crippen molar-refractivity contribution in [1.82, 2.24) is 18.9 Å². The van der Waals surface area contributed by atoms with Gasteiger partial charge in [-0.1, -0.05) is 12.1 Å². The summed E-state index contributed by atoms with van der Waals surface area (Å²) in [6.45, 7) is -0.0441. The Morgan fingerprint density at radius 3 is 2.41 bits per heavy atom. The van der Waals surface area contributed by atoms with Crippen molar-refractivity contribution in [1.29, 1.82) is 0 Å². The molecule has 0 bridgehead atoms. The average Bonchev–Trinajstić information content (AvgIpc) is 3.18. The summed E-state index contributed by atoms with van der Waals surface area (Å²) in [5.41, 5.74) is 3.01. The number of benzene rings is 2. The lowest BCUT2D eigenvalue weighted by Crippen LogP contribution is -2.20. The summed E-state index contributed by atoms with van der Waals surface area (Å²) in [4.78, 5) is 34.9. The highest BCUT2D eigenvalue weighted by molar-refractivity contribution is 5.93. The molecule has 0 radical (unpaired) electrons. The fourth-order valence-electron chi connectivity index (χ4n) is 3.95. The molecule has 0 aliphatic rings. The van der Waals surface area contributed by atoms with Gasteiger partial charge in [-0.15, -0.1) is 0 Å². The molecule has 5 aromatic rings. The van der Waals surface area contributed by atoms with Gasteiger partial charge in [0.05, 0.1) is 30.9 Å². The van der Waals surface area contributed by atoms with Gasteiger partial charge < -0.3 is 19.4 Å². The predicted molar refractivity (Wildman–Crippen MR) is 128 cm³/mol. The average molecular weight is 455 g/mol. The van der Waals surface area contributed by atoms with E-state index in [2.05, 4.69) is 10.3 Å². The Bertz CT molecular complexity index is 1570. The minimum Gasteiger partial charge on any atom is -0.493 e. The third-order valence-electron chi connectivity index (χ3n) is 5.50. The summed E-state index contributed by atoms with van der Waals surface area (Å²) in [7, 11) is 3.08. The number of fused-ring (bicyclic) bond motifs is 3. The zero-order valence-electron chi connectivity index (χ0n) is 18.6. The third kappa shape index (κ3) is 3.73. The number of anilines is 1. The maximum atomic E-state index is 13.1. The molecule has 1 N–H and O–H groups in total. The van der Waals surface area contributed by atoms with Crippen LogP contribution in [0.1, 0.15) is 0 Å². The second-order valence-electron chi connectivity index (χ2n) is 7.54. The van der Waals surface area contributed by atoms with Crippen LogP contribution in [0.2, 0.25) is 0 Å². The number of imidazole rings is 1. The molecule has 9 heteroatoms. The van der Waals surface area contributed by atoms with E-state index < -0.39 is 0 Å². The molecule has 3 aromatic heterocycles. The Hall–Kier alpha value is -4.66. The predicted octanol–water partition coefficient (Wildman–Crippen LogP) is 3.37. The van der Waals surface area contributed by atoms with Crippen LogP contribution in [-0.4, -0.2) is 39.1 Å². The number of methoxy groups -OCH3 is 2. The van der Waals surface area contributed by atoms with Gasteiger partial charge in [-0.25, -0.2) is 9.38 Å². The molecule has 5 rings (SSSR count). The third-order valence-corrected chi connectivity index (χ3v) is 5.50. The normalized spacial score (nSPS) is 11.0. The molecule has 0 unspecified atom stereocenters. The first-order chi connectivity index (χ1) is 16.6. The zero-order valence-corrected chi connectivity index (χ0v) is 18.6. The van der Waals surface area contributed by atoms with Crippen LogP contribution in [0, 0.1) is 0 Å². The highest BCUT2D eigenvalue weighted by Crippen LogP contribution is 2.30. The summed E-state index contributed by atoms with van der Waals surface area (Å²) >= 11 is 0. The molecule has 0 fully saturated rings. The maximum absolute atomic E-state index is 13.1. The van der Waals surface area contributed by atoms with E-state index in [1.807, 2.05) is 24.3 Å². The second-order valence-corrected chi connectivity index (χ2v) is 7.54. The van der Waals surface area contributed by atoms with Crippen molar-refractivity contribution in [3.63, 3.8) is 0 Å². The number of carbonyl (C=O) groups excluding carboxylic acids is 1. The molecule has 0 aliphatic heterocycles. The van der Waals surface area contributed by atoms with E-state index in [-0.39, 0.29) is 18.0 Å². The van der Waals surface area contributed by atoms with E-state index in [1.54, 1.807) is 54.4 Å². The molecule has 0 atom stereocenters. The van der Waals surface area contributed by atoms with Crippen LogP contribution in [0.25, 0.3) is 28.1 Å². The SMILES string of the molecule is COc1ccc(NC(=O)Cn2c3ccccc3n3c(=O)cc(-c4ccncc4)nc23)cc1OC. The molecule has 2 aromatic carbocycles. The van der Waals surface area contributed by atoms with Crippen molar-refractivity contribution < 1.29 is 14.3 Å². The lowest BCUT2D eigenvalue weighted by molar-refractivity contribution is -0.116. The van der Waals surface area contributed by atoms with Crippen LogP contribution in [0.4, 0.5) is 5.69 Å². The van der Waals surface area contributed by atoms with Crippen molar-refractivity contribution in [2.45, 2.75) is 6.54 Å². The van der Waals surface area contributed by atoms with Crippen LogP contribution in [0.5, 0.6) is 11.5 Å². The number of nitrogens with zero attached hydrogens (tertiary/aromatic N) is 4. The standard InChI is InChI=1S/C25H21N5O4/c1-33-21-8-7-17(13-22(21)34-2)27-23(31)15-29-19-5-3-4-6-20(19)30-24(32)14-18(28-25(29)30)16-9-11-26-12-10-16/h3-14H,15H2,1-2H3,(H,27,31). The summed E-state index contributed by atoms with van der Waals surface area (Å²) in [5.74, 6) is 1.17. The van der Waals surface area contributed by atoms with Crippen molar-refractivity contribution in [3.8, 4) is 22.8 Å². The molecular weight excluding hydrogens is 434 g/mol. The quantitative estimate of drug-likeness (QED) is 0.421. The Morgan fingerprint density at radius 1 is 0.941 bits per heavy atom. The highest BCUT2D eigenvalue weighted by Gasteiger charge is 2.17. The number of aromatic nitrogens is 4. The fourth-order valence-corrected chi connectivity index (χ4v) is 3.95. The number of pyridine rings is 1. The molecule has 9 nitrogen and oxygen atoms in total. The number of ether oxygens (including phenoxy) is 2. The van der Waals surface area contributed by atoms with E-state index in [4.69, 9.17) is 14.5 Å². The van der Waals surface area contributed by atoms with Gasteiger partial charge in [-0.05, 0) is 36.4 Å². The van der Waals surface area contributed by atoms with Gasteiger partial charge in [0.25, 0.3) is 5.56 Å². The number of hydrogen-bond donors (Lipinski definition) is 1. The lowest BCUT2D eigenvalue weighted by atomic mass is 10.2. The van der Waals surface area contributed by atoms with Gasteiger partial charge in [-0.3, -0.25) is 14.6 Å². The minimum atomic E-state index is -0.279. The van der Waals surface area contributed by atoms with E-state index in [1.165, 1.54) is 17.6 Å². The molecule has 3 heterocycles. The summed E-state index contributed by atoms with van der Waals surface area (Å²) in [6, 6.07) is 17.6. The first-order valence-corrected chi connectivity index (χ1v) is 10.5. The van der Waals surface area contributed by atoms with Crippen LogP contribution < -0.4 is 20.3 Å². The van der Waals surface area contributed by atoms with E-state index in [9.17, 15) is 9.59 Å². The first kappa shape index (κ1) is 21.2. The van der Waals surface area contributed by atoms with E-state index >= 15 is 0 Å². The Kier molecular flexibility index (Phi) is 5.43. The number of nitrogens with one attached hydrogen (secondary N) is 1. The second kappa shape index (κ2) is 8.70. The lowest BCUT2D eigenvalue weighted by Gasteiger charge is -2.11. The van der Waals surface area contributed by atoms with Crippen molar-refractivity contribution >= 4 is 28.4 Å². The maximum Gasteiger partial charge on any atom is 0.260 e. The van der Waals surface area contributed by atoms with Gasteiger partial charge in [0, 0.05) is 35.8 Å².